The standard InChI is InChI=1S/C8H12BrN3O/c1-5(2)10-8(13)7-6(9)4-12(3)11-7/h4-5H,1-3H3,(H,10,13). The summed E-state index contributed by atoms with van der Waals surface area (Å²) >= 11 is 3.26. The summed E-state index contributed by atoms with van der Waals surface area (Å²) in [6.07, 6.45) is 1.75. The highest BCUT2D eigenvalue weighted by atomic mass is 79.9. The second-order valence-electron chi connectivity index (χ2n) is 3.13. The van der Waals surface area contributed by atoms with Crippen molar-refractivity contribution in [3.8, 4) is 0 Å². The van der Waals surface area contributed by atoms with Gasteiger partial charge in [-0.25, -0.2) is 0 Å². The van der Waals surface area contributed by atoms with Crippen LogP contribution in [-0.2, 0) is 7.05 Å². The molecule has 0 radical (unpaired) electrons. The van der Waals surface area contributed by atoms with Crippen molar-refractivity contribution in [3.63, 3.8) is 0 Å². The predicted molar refractivity (Wildman–Crippen MR) is 53.5 cm³/mol. The van der Waals surface area contributed by atoms with Gasteiger partial charge in [0.1, 0.15) is 0 Å². The molecule has 0 atom stereocenters. The molecule has 0 bridgehead atoms. The Kier molecular flexibility index (Phi) is 3.08. The number of nitrogens with zero attached hydrogens (tertiary/aromatic N) is 2. The molecule has 0 spiro atoms. The monoisotopic (exact) mass is 245 g/mol. The van der Waals surface area contributed by atoms with Crippen LogP contribution in [0, 0.1) is 0 Å². The van der Waals surface area contributed by atoms with Crippen molar-refractivity contribution >= 4 is 21.8 Å². The van der Waals surface area contributed by atoms with Crippen molar-refractivity contribution in [1.82, 2.24) is 15.1 Å². The van der Waals surface area contributed by atoms with Gasteiger partial charge in [-0.2, -0.15) is 5.10 Å². The molecule has 0 aromatic carbocycles. The molecular formula is C8H12BrN3O. The highest BCUT2D eigenvalue weighted by Crippen LogP contribution is 2.13. The van der Waals surface area contributed by atoms with Gasteiger partial charge in [0.15, 0.2) is 5.69 Å². The number of carbonyl (C=O) groups excluding carboxylic acids is 1. The van der Waals surface area contributed by atoms with E-state index < -0.39 is 0 Å². The number of amides is 1. The molecule has 1 aromatic rings. The molecule has 0 saturated carbocycles. The van der Waals surface area contributed by atoms with Crippen LogP contribution in [0.25, 0.3) is 0 Å². The Balaban J connectivity index is 2.82. The summed E-state index contributed by atoms with van der Waals surface area (Å²) in [5.74, 6) is -0.150. The summed E-state index contributed by atoms with van der Waals surface area (Å²) in [6.45, 7) is 3.82. The summed E-state index contributed by atoms with van der Waals surface area (Å²) < 4.78 is 2.31. The highest BCUT2D eigenvalue weighted by molar-refractivity contribution is 9.10. The van der Waals surface area contributed by atoms with Gasteiger partial charge in [0, 0.05) is 19.3 Å². The molecule has 1 amide bonds. The lowest BCUT2D eigenvalue weighted by Crippen LogP contribution is -2.30. The van der Waals surface area contributed by atoms with E-state index in [9.17, 15) is 4.79 Å². The lowest BCUT2D eigenvalue weighted by Gasteiger charge is -2.05. The first-order valence-corrected chi connectivity index (χ1v) is 4.80. The molecule has 0 fully saturated rings. The van der Waals surface area contributed by atoms with Crippen LogP contribution in [0.2, 0.25) is 0 Å². The summed E-state index contributed by atoms with van der Waals surface area (Å²) in [5.41, 5.74) is 0.427. The zero-order valence-electron chi connectivity index (χ0n) is 7.84. The Morgan fingerprint density at radius 3 is 2.69 bits per heavy atom. The third kappa shape index (κ3) is 2.55. The van der Waals surface area contributed by atoms with Gasteiger partial charge < -0.3 is 5.32 Å². The van der Waals surface area contributed by atoms with Crippen molar-refractivity contribution in [2.24, 2.45) is 7.05 Å². The van der Waals surface area contributed by atoms with E-state index in [4.69, 9.17) is 0 Å². The molecule has 4 nitrogen and oxygen atoms in total. The van der Waals surface area contributed by atoms with Crippen molar-refractivity contribution in [2.75, 3.05) is 0 Å². The number of hydrogen-bond donors (Lipinski definition) is 1. The van der Waals surface area contributed by atoms with E-state index in [1.54, 1.807) is 17.9 Å². The zero-order chi connectivity index (χ0) is 10.0. The number of carbonyl (C=O) groups is 1. The second kappa shape index (κ2) is 3.91. The molecule has 0 aliphatic rings. The van der Waals surface area contributed by atoms with Gasteiger partial charge in [0.05, 0.1) is 4.47 Å². The van der Waals surface area contributed by atoms with Crippen LogP contribution in [0.3, 0.4) is 0 Å². The average molecular weight is 246 g/mol. The molecule has 1 N–H and O–H groups in total. The molecule has 1 heterocycles. The second-order valence-corrected chi connectivity index (χ2v) is 3.98. The molecule has 0 saturated heterocycles. The predicted octanol–water partition coefficient (Wildman–Crippen LogP) is 1.32. The number of hydrogen-bond acceptors (Lipinski definition) is 2. The van der Waals surface area contributed by atoms with Gasteiger partial charge in [-0.05, 0) is 29.8 Å². The van der Waals surface area contributed by atoms with Crippen molar-refractivity contribution in [1.29, 1.82) is 0 Å². The first-order valence-electron chi connectivity index (χ1n) is 4.00. The SMILES string of the molecule is CC(C)NC(=O)c1nn(C)cc1Br. The first-order chi connectivity index (χ1) is 6.00. The minimum Gasteiger partial charge on any atom is -0.348 e. The third-order valence-corrected chi connectivity index (χ3v) is 2.00. The minimum absolute atomic E-state index is 0.126. The van der Waals surface area contributed by atoms with Crippen LogP contribution in [-0.4, -0.2) is 21.7 Å². The number of rotatable bonds is 2. The van der Waals surface area contributed by atoms with Gasteiger partial charge >= 0.3 is 0 Å². The normalized spacial score (nSPS) is 10.5. The maximum Gasteiger partial charge on any atom is 0.273 e. The largest absolute Gasteiger partial charge is 0.348 e. The summed E-state index contributed by atoms with van der Waals surface area (Å²) in [6, 6.07) is 0.126. The topological polar surface area (TPSA) is 46.9 Å². The maximum atomic E-state index is 11.5. The molecule has 13 heavy (non-hydrogen) atoms. The Labute approximate surface area is 85.4 Å². The Morgan fingerprint density at radius 1 is 1.69 bits per heavy atom. The fraction of sp³-hybridized carbons (Fsp3) is 0.500. The fourth-order valence-corrected chi connectivity index (χ4v) is 1.50. The lowest BCUT2D eigenvalue weighted by molar-refractivity contribution is 0.0936. The molecule has 5 heteroatoms. The average Bonchev–Trinajstić information content (AvgIpc) is 2.28. The van der Waals surface area contributed by atoms with Crippen LogP contribution in [0.5, 0.6) is 0 Å². The van der Waals surface area contributed by atoms with Crippen LogP contribution in [0.15, 0.2) is 10.7 Å². The van der Waals surface area contributed by atoms with Gasteiger partial charge in [0.25, 0.3) is 5.91 Å². The van der Waals surface area contributed by atoms with E-state index >= 15 is 0 Å². The maximum absolute atomic E-state index is 11.5. The Morgan fingerprint density at radius 2 is 2.31 bits per heavy atom. The zero-order valence-corrected chi connectivity index (χ0v) is 9.42. The molecule has 0 unspecified atom stereocenters. The van der Waals surface area contributed by atoms with Gasteiger partial charge in [-0.15, -0.1) is 0 Å². The molecule has 0 aliphatic heterocycles. The van der Waals surface area contributed by atoms with Gasteiger partial charge in [-0.3, -0.25) is 9.48 Å². The number of aromatic nitrogens is 2. The quantitative estimate of drug-likeness (QED) is 0.855. The molecule has 1 rings (SSSR count). The van der Waals surface area contributed by atoms with Crippen LogP contribution < -0.4 is 5.32 Å². The number of nitrogens with one attached hydrogen (secondary N) is 1. The highest BCUT2D eigenvalue weighted by Gasteiger charge is 2.14. The van der Waals surface area contributed by atoms with Crippen LogP contribution in [0.4, 0.5) is 0 Å². The molecule has 1 aromatic heterocycles. The Hall–Kier alpha value is -0.840. The summed E-state index contributed by atoms with van der Waals surface area (Å²) in [4.78, 5) is 11.5. The fourth-order valence-electron chi connectivity index (χ4n) is 0.944. The Bertz CT molecular complexity index is 319. The third-order valence-electron chi connectivity index (χ3n) is 1.42. The van der Waals surface area contributed by atoms with Crippen molar-refractivity contribution in [2.45, 2.75) is 19.9 Å². The molecule has 72 valence electrons. The van der Waals surface area contributed by atoms with Crippen LogP contribution in [0.1, 0.15) is 24.3 Å². The summed E-state index contributed by atoms with van der Waals surface area (Å²) in [7, 11) is 1.77. The van der Waals surface area contributed by atoms with E-state index in [1.807, 2.05) is 13.8 Å². The van der Waals surface area contributed by atoms with Crippen molar-refractivity contribution in [3.05, 3.63) is 16.4 Å². The van der Waals surface area contributed by atoms with E-state index in [-0.39, 0.29) is 11.9 Å². The van der Waals surface area contributed by atoms with E-state index in [1.165, 1.54) is 0 Å². The van der Waals surface area contributed by atoms with Gasteiger partial charge in [0.2, 0.25) is 0 Å². The molecular weight excluding hydrogens is 234 g/mol. The molecule has 0 aliphatic carbocycles. The van der Waals surface area contributed by atoms with Crippen molar-refractivity contribution < 1.29 is 4.79 Å². The smallest absolute Gasteiger partial charge is 0.273 e. The lowest BCUT2D eigenvalue weighted by atomic mass is 10.3. The van der Waals surface area contributed by atoms with E-state index in [0.717, 1.165) is 0 Å². The van der Waals surface area contributed by atoms with Gasteiger partial charge in [-0.1, -0.05) is 0 Å². The minimum atomic E-state index is -0.150. The first kappa shape index (κ1) is 10.2. The number of halogens is 1. The summed E-state index contributed by atoms with van der Waals surface area (Å²) in [5, 5.41) is 6.79. The number of aryl methyl sites for hydroxylation is 1. The van der Waals surface area contributed by atoms with E-state index in [0.29, 0.717) is 10.2 Å². The van der Waals surface area contributed by atoms with Crippen LogP contribution >= 0.6 is 15.9 Å². The van der Waals surface area contributed by atoms with E-state index in [2.05, 4.69) is 26.3 Å².